The Bertz CT molecular complexity index is 987. The second-order valence-corrected chi connectivity index (χ2v) is 7.84. The van der Waals surface area contributed by atoms with Gasteiger partial charge in [-0.2, -0.15) is 0 Å². The number of fused-ring (bicyclic) bond motifs is 1. The zero-order chi connectivity index (χ0) is 20.0. The van der Waals surface area contributed by atoms with E-state index in [0.717, 1.165) is 17.7 Å². The highest BCUT2D eigenvalue weighted by Gasteiger charge is 2.42. The lowest BCUT2D eigenvalue weighted by Crippen LogP contribution is -2.49. The van der Waals surface area contributed by atoms with E-state index in [9.17, 15) is 14.0 Å². The number of halogens is 1. The van der Waals surface area contributed by atoms with Crippen molar-refractivity contribution in [2.24, 2.45) is 13.0 Å². The number of piperidine rings is 1. The zero-order valence-corrected chi connectivity index (χ0v) is 16.3. The first-order valence-corrected chi connectivity index (χ1v) is 9.60. The minimum atomic E-state index is -0.273. The number of carbonyl (C=O) groups is 1. The molecule has 2 aromatic rings. The van der Waals surface area contributed by atoms with Crippen molar-refractivity contribution in [3.63, 3.8) is 0 Å². The number of benzene rings is 1. The highest BCUT2D eigenvalue weighted by Crippen LogP contribution is 2.34. The average molecular weight is 384 g/mol. The molecule has 3 atom stereocenters. The summed E-state index contributed by atoms with van der Waals surface area (Å²) in [7, 11) is 1.69. The zero-order valence-electron chi connectivity index (χ0n) is 16.3. The van der Waals surface area contributed by atoms with Gasteiger partial charge in [-0.05, 0) is 49.6 Å². The molecule has 0 aliphatic carbocycles. The molecule has 6 nitrogen and oxygen atoms in total. The van der Waals surface area contributed by atoms with Crippen LogP contribution < -0.4 is 16.4 Å². The molecule has 0 saturated carbocycles. The molecule has 7 heteroatoms. The average Bonchev–Trinajstić information content (AvgIpc) is 3.09. The summed E-state index contributed by atoms with van der Waals surface area (Å²) in [4.78, 5) is 27.7. The van der Waals surface area contributed by atoms with Gasteiger partial charge in [0, 0.05) is 37.8 Å². The molecule has 28 heavy (non-hydrogen) atoms. The Balaban J connectivity index is 1.61. The van der Waals surface area contributed by atoms with Gasteiger partial charge >= 0.3 is 0 Å². The van der Waals surface area contributed by atoms with Gasteiger partial charge in [-0.1, -0.05) is 12.1 Å². The molecule has 3 unspecified atom stereocenters. The Labute approximate surface area is 163 Å². The summed E-state index contributed by atoms with van der Waals surface area (Å²) in [5, 5.41) is 0. The fourth-order valence-corrected chi connectivity index (χ4v) is 4.41. The fraction of sp³-hybridized carbons (Fsp3) is 0.429. The Morgan fingerprint density at radius 1 is 1.21 bits per heavy atom. The van der Waals surface area contributed by atoms with Gasteiger partial charge in [-0.3, -0.25) is 15.0 Å². The monoisotopic (exact) mass is 384 g/mol. The summed E-state index contributed by atoms with van der Waals surface area (Å²) in [6, 6.07) is 8.54. The van der Waals surface area contributed by atoms with Crippen molar-refractivity contribution < 1.29 is 9.18 Å². The summed E-state index contributed by atoms with van der Waals surface area (Å²) in [5.41, 5.74) is 8.93. The summed E-state index contributed by atoms with van der Waals surface area (Å²) < 4.78 is 15.2. The van der Waals surface area contributed by atoms with Gasteiger partial charge < -0.3 is 9.47 Å². The number of amides is 1. The largest absolute Gasteiger partial charge is 0.338 e. The fourth-order valence-electron chi connectivity index (χ4n) is 4.41. The number of carbonyl (C=O) groups excluding carboxylic acids is 1. The van der Waals surface area contributed by atoms with Crippen LogP contribution in [0, 0.1) is 25.6 Å². The molecule has 0 radical (unpaired) electrons. The number of pyridine rings is 1. The van der Waals surface area contributed by atoms with Crippen LogP contribution in [0.15, 0.2) is 35.1 Å². The number of hydrogen-bond acceptors (Lipinski definition) is 4. The molecule has 2 saturated heterocycles. The number of likely N-dealkylation sites (tertiary alicyclic amines) is 1. The molecule has 1 aromatic heterocycles. The summed E-state index contributed by atoms with van der Waals surface area (Å²) in [6.45, 7) is 4.76. The summed E-state index contributed by atoms with van der Waals surface area (Å²) in [5.74, 6) is -0.388. The van der Waals surface area contributed by atoms with Gasteiger partial charge in [0.25, 0.3) is 11.5 Å². The predicted octanol–water partition coefficient (Wildman–Crippen LogP) is 1.82. The van der Waals surface area contributed by atoms with Gasteiger partial charge in [-0.15, -0.1) is 0 Å². The van der Waals surface area contributed by atoms with E-state index in [1.165, 1.54) is 16.7 Å². The molecule has 1 aromatic carbocycles. The predicted molar refractivity (Wildman–Crippen MR) is 104 cm³/mol. The molecule has 148 valence electrons. The van der Waals surface area contributed by atoms with Gasteiger partial charge in [-0.25, -0.2) is 9.82 Å². The smallest absolute Gasteiger partial charge is 0.263 e. The van der Waals surface area contributed by atoms with E-state index in [0.29, 0.717) is 18.7 Å². The first kappa shape index (κ1) is 18.8. The van der Waals surface area contributed by atoms with Gasteiger partial charge in [0.2, 0.25) is 0 Å². The van der Waals surface area contributed by atoms with Crippen LogP contribution in [0.1, 0.15) is 39.6 Å². The lowest BCUT2D eigenvalue weighted by atomic mass is 9.85. The van der Waals surface area contributed by atoms with E-state index in [1.807, 2.05) is 26.0 Å². The van der Waals surface area contributed by atoms with Crippen LogP contribution in [0.5, 0.6) is 0 Å². The minimum Gasteiger partial charge on any atom is -0.338 e. The second-order valence-electron chi connectivity index (χ2n) is 7.84. The van der Waals surface area contributed by atoms with Crippen molar-refractivity contribution in [2.45, 2.75) is 32.4 Å². The Morgan fingerprint density at radius 2 is 2.00 bits per heavy atom. The highest BCUT2D eigenvalue weighted by molar-refractivity contribution is 5.95. The third-order valence-corrected chi connectivity index (χ3v) is 6.09. The van der Waals surface area contributed by atoms with E-state index >= 15 is 0 Å². The van der Waals surface area contributed by atoms with E-state index in [2.05, 4.69) is 10.9 Å². The standard InChI is InChI=1S/C21H25FN4O2/c1-12-9-13(2)25(3)20(27)18(12)21(28)26-8-7-17-16(11-26)19(24-23-17)14-5-4-6-15(22)10-14/h4-6,9-10,16-17,19,23-24H,7-8,11H2,1-3H3. The van der Waals surface area contributed by atoms with Gasteiger partial charge in [0.15, 0.2) is 0 Å². The number of nitrogens with zero attached hydrogens (tertiary/aromatic N) is 2. The highest BCUT2D eigenvalue weighted by atomic mass is 19.1. The van der Waals surface area contributed by atoms with Crippen LogP contribution in [-0.4, -0.2) is 34.5 Å². The number of hydrogen-bond donors (Lipinski definition) is 2. The first-order chi connectivity index (χ1) is 13.4. The molecular formula is C21H25FN4O2. The molecule has 2 aliphatic heterocycles. The number of aryl methyl sites for hydroxylation is 2. The molecule has 4 rings (SSSR count). The third-order valence-electron chi connectivity index (χ3n) is 6.09. The maximum Gasteiger partial charge on any atom is 0.263 e. The van der Waals surface area contributed by atoms with Crippen LogP contribution >= 0.6 is 0 Å². The Hall–Kier alpha value is -2.51. The SMILES string of the molecule is Cc1cc(C)n(C)c(=O)c1C(=O)N1CCC2NNC(c3cccc(F)c3)C2C1. The number of aromatic nitrogens is 1. The maximum atomic E-state index is 13.7. The normalized spacial score (nSPS) is 24.3. The quantitative estimate of drug-likeness (QED) is 0.829. The maximum absolute atomic E-state index is 13.7. The number of nitrogens with one attached hydrogen (secondary N) is 2. The lowest BCUT2D eigenvalue weighted by molar-refractivity contribution is 0.0649. The van der Waals surface area contributed by atoms with Crippen molar-refractivity contribution in [1.82, 2.24) is 20.3 Å². The van der Waals surface area contributed by atoms with E-state index in [1.54, 1.807) is 18.0 Å². The van der Waals surface area contributed by atoms with Crippen LogP contribution in [0.3, 0.4) is 0 Å². The molecule has 3 heterocycles. The van der Waals surface area contributed by atoms with Crippen LogP contribution in [0.4, 0.5) is 4.39 Å². The number of rotatable bonds is 2. The van der Waals surface area contributed by atoms with Crippen LogP contribution in [0.25, 0.3) is 0 Å². The summed E-state index contributed by atoms with van der Waals surface area (Å²) in [6.07, 6.45) is 0.778. The van der Waals surface area contributed by atoms with E-state index in [-0.39, 0.29) is 40.8 Å². The Kier molecular flexibility index (Phi) is 4.81. The van der Waals surface area contributed by atoms with Crippen molar-refractivity contribution >= 4 is 5.91 Å². The molecule has 0 bridgehead atoms. The van der Waals surface area contributed by atoms with Gasteiger partial charge in [0.1, 0.15) is 11.4 Å². The molecule has 1 amide bonds. The number of hydrazine groups is 1. The minimum absolute atomic E-state index is 0.0850. The van der Waals surface area contributed by atoms with Crippen molar-refractivity contribution in [2.75, 3.05) is 13.1 Å². The second kappa shape index (κ2) is 7.14. The van der Waals surface area contributed by atoms with Crippen molar-refractivity contribution in [3.05, 3.63) is 68.9 Å². The van der Waals surface area contributed by atoms with Crippen molar-refractivity contribution in [3.8, 4) is 0 Å². The van der Waals surface area contributed by atoms with Gasteiger partial charge in [0.05, 0.1) is 6.04 Å². The topological polar surface area (TPSA) is 66.4 Å². The molecule has 2 fully saturated rings. The molecular weight excluding hydrogens is 359 g/mol. The van der Waals surface area contributed by atoms with E-state index < -0.39 is 0 Å². The molecule has 2 aliphatic rings. The van der Waals surface area contributed by atoms with Crippen molar-refractivity contribution in [1.29, 1.82) is 0 Å². The van der Waals surface area contributed by atoms with Crippen LogP contribution in [0.2, 0.25) is 0 Å². The Morgan fingerprint density at radius 3 is 2.75 bits per heavy atom. The molecule has 2 N–H and O–H groups in total. The molecule has 0 spiro atoms. The first-order valence-electron chi connectivity index (χ1n) is 9.60. The van der Waals surface area contributed by atoms with E-state index in [4.69, 9.17) is 0 Å². The summed E-state index contributed by atoms with van der Waals surface area (Å²) >= 11 is 0. The lowest BCUT2D eigenvalue weighted by Gasteiger charge is -2.36. The third kappa shape index (κ3) is 3.14. The van der Waals surface area contributed by atoms with Crippen LogP contribution in [-0.2, 0) is 7.05 Å².